The highest BCUT2D eigenvalue weighted by molar-refractivity contribution is 5.89. The smallest absolute Gasteiger partial charge is 0.269 e. The number of nitrogens with one attached hydrogen (secondary N) is 4. The maximum Gasteiger partial charge on any atom is 0.269 e. The van der Waals surface area contributed by atoms with Crippen molar-refractivity contribution in [3.63, 3.8) is 0 Å². The lowest BCUT2D eigenvalue weighted by Gasteiger charge is -2.16. The minimum Gasteiger partial charge on any atom is -0.365 e. The first kappa shape index (κ1) is 15.9. The number of carbonyl (C=O) groups is 4. The molecule has 1 rings (SSSR count). The second kappa shape index (κ2) is 7.40. The predicted octanol–water partition coefficient (Wildman–Crippen LogP) is -4.12. The fraction of sp³-hybridized carbons (Fsp3) is 0.600. The Labute approximate surface area is 113 Å². The molecule has 1 aliphatic rings. The van der Waals surface area contributed by atoms with Crippen molar-refractivity contribution in [3.8, 4) is 0 Å². The Hall–Kier alpha value is -2.20. The lowest BCUT2D eigenvalue weighted by Crippen LogP contribution is -2.51. The van der Waals surface area contributed by atoms with Crippen LogP contribution >= 0.6 is 0 Å². The van der Waals surface area contributed by atoms with Gasteiger partial charge in [-0.1, -0.05) is 0 Å². The molecule has 10 heteroatoms. The molecule has 0 saturated carbocycles. The Balaban J connectivity index is 2.64. The third-order valence-corrected chi connectivity index (χ3v) is 2.39. The van der Waals surface area contributed by atoms with Crippen LogP contribution in [0.15, 0.2) is 0 Å². The quantitative estimate of drug-likeness (QED) is 0.266. The number of aliphatic hydroxyl groups is 2. The van der Waals surface area contributed by atoms with Crippen LogP contribution in [-0.2, 0) is 19.2 Å². The van der Waals surface area contributed by atoms with Crippen molar-refractivity contribution >= 4 is 23.6 Å². The van der Waals surface area contributed by atoms with Crippen molar-refractivity contribution in [3.05, 3.63) is 0 Å². The summed E-state index contributed by atoms with van der Waals surface area (Å²) in [6, 6.07) is 0. The van der Waals surface area contributed by atoms with Gasteiger partial charge in [-0.05, 0) is 0 Å². The fourth-order valence-electron chi connectivity index (χ4n) is 1.37. The highest BCUT2D eigenvalue weighted by Crippen LogP contribution is 1.88. The van der Waals surface area contributed by atoms with E-state index in [1.165, 1.54) is 0 Å². The van der Waals surface area contributed by atoms with E-state index in [0.29, 0.717) is 0 Å². The van der Waals surface area contributed by atoms with E-state index in [4.69, 9.17) is 0 Å². The van der Waals surface area contributed by atoms with Crippen molar-refractivity contribution < 1.29 is 29.4 Å². The molecule has 0 aliphatic carbocycles. The molecule has 1 heterocycles. The van der Waals surface area contributed by atoms with Gasteiger partial charge in [0.2, 0.25) is 24.3 Å². The number of aliphatic hydroxyl groups excluding tert-OH is 2. The van der Waals surface area contributed by atoms with Gasteiger partial charge in [0.15, 0.2) is 0 Å². The number of carbonyl (C=O) groups excluding carboxylic acids is 4. The van der Waals surface area contributed by atoms with E-state index < -0.39 is 36.1 Å². The summed E-state index contributed by atoms with van der Waals surface area (Å²) in [5, 5.41) is 27.1. The minimum absolute atomic E-state index is 0.119. The second-order valence-electron chi connectivity index (χ2n) is 4.02. The van der Waals surface area contributed by atoms with E-state index in [1.54, 1.807) is 0 Å². The highest BCUT2D eigenvalue weighted by atomic mass is 16.3. The fourth-order valence-corrected chi connectivity index (χ4v) is 1.37. The van der Waals surface area contributed by atoms with Crippen LogP contribution in [0.3, 0.4) is 0 Å². The molecule has 1 fully saturated rings. The molecule has 0 radical (unpaired) electrons. The zero-order valence-corrected chi connectivity index (χ0v) is 10.5. The molecular weight excluding hydrogens is 272 g/mol. The Morgan fingerprint density at radius 2 is 1.10 bits per heavy atom. The predicted molar refractivity (Wildman–Crippen MR) is 63.6 cm³/mol. The van der Waals surface area contributed by atoms with Gasteiger partial charge in [0, 0.05) is 25.9 Å². The maximum atomic E-state index is 11.3. The van der Waals surface area contributed by atoms with Crippen molar-refractivity contribution in [2.45, 2.75) is 25.3 Å². The van der Waals surface area contributed by atoms with Crippen LogP contribution in [0.1, 0.15) is 12.8 Å². The SMILES string of the molecule is O=C1CCNC(=O)C(O)NC(=O)CCNC(=O)C(O)N1. The molecule has 0 spiro atoms. The van der Waals surface area contributed by atoms with Crippen molar-refractivity contribution in [1.29, 1.82) is 0 Å². The van der Waals surface area contributed by atoms with Crippen molar-refractivity contribution in [1.82, 2.24) is 21.3 Å². The van der Waals surface area contributed by atoms with Crippen LogP contribution in [0.25, 0.3) is 0 Å². The summed E-state index contributed by atoms with van der Waals surface area (Å²) in [6.07, 6.45) is -3.85. The zero-order valence-electron chi connectivity index (χ0n) is 10.5. The molecule has 1 saturated heterocycles. The lowest BCUT2D eigenvalue weighted by atomic mass is 10.3. The largest absolute Gasteiger partial charge is 0.365 e. The molecule has 0 aromatic rings. The van der Waals surface area contributed by atoms with Crippen LogP contribution in [-0.4, -0.2) is 59.4 Å². The van der Waals surface area contributed by atoms with E-state index in [-0.39, 0.29) is 25.9 Å². The molecule has 6 N–H and O–H groups in total. The number of hydrogen-bond donors (Lipinski definition) is 6. The molecule has 112 valence electrons. The first-order chi connectivity index (χ1) is 9.40. The Morgan fingerprint density at radius 1 is 0.750 bits per heavy atom. The number of rotatable bonds is 0. The van der Waals surface area contributed by atoms with Gasteiger partial charge < -0.3 is 31.5 Å². The molecule has 2 unspecified atom stereocenters. The minimum atomic E-state index is -1.73. The maximum absolute atomic E-state index is 11.3. The standard InChI is InChI=1S/C10H16N4O6/c15-5-1-3-11-7(17)10(20)14-6(16)2-4-12-8(18)9(19)13-5/h9-10,19-20H,1-4H2,(H,11,17)(H,12,18)(H,13,15)(H,14,16). The second-order valence-corrected chi connectivity index (χ2v) is 4.02. The van der Waals surface area contributed by atoms with E-state index in [0.717, 1.165) is 0 Å². The van der Waals surface area contributed by atoms with E-state index in [2.05, 4.69) is 10.6 Å². The Morgan fingerprint density at radius 3 is 1.45 bits per heavy atom. The Kier molecular flexibility index (Phi) is 5.87. The van der Waals surface area contributed by atoms with Gasteiger partial charge in [-0.3, -0.25) is 19.2 Å². The summed E-state index contributed by atoms with van der Waals surface area (Å²) in [6.45, 7) is -0.238. The summed E-state index contributed by atoms with van der Waals surface area (Å²) in [5.74, 6) is -3.01. The topological polar surface area (TPSA) is 157 Å². The molecule has 1 aliphatic heterocycles. The van der Waals surface area contributed by atoms with E-state index >= 15 is 0 Å². The van der Waals surface area contributed by atoms with Crippen LogP contribution in [0.5, 0.6) is 0 Å². The van der Waals surface area contributed by atoms with Gasteiger partial charge in [0.1, 0.15) is 0 Å². The third-order valence-electron chi connectivity index (χ3n) is 2.39. The van der Waals surface area contributed by atoms with Crippen LogP contribution in [0.2, 0.25) is 0 Å². The van der Waals surface area contributed by atoms with E-state index in [1.807, 2.05) is 10.6 Å². The molecular formula is C10H16N4O6. The van der Waals surface area contributed by atoms with Crippen molar-refractivity contribution in [2.75, 3.05) is 13.1 Å². The van der Waals surface area contributed by atoms with E-state index in [9.17, 15) is 29.4 Å². The molecule has 0 aromatic heterocycles. The number of hydrogen-bond acceptors (Lipinski definition) is 6. The average molecular weight is 288 g/mol. The van der Waals surface area contributed by atoms with Gasteiger partial charge in [-0.25, -0.2) is 0 Å². The van der Waals surface area contributed by atoms with Gasteiger partial charge >= 0.3 is 0 Å². The van der Waals surface area contributed by atoms with Gasteiger partial charge in [0.05, 0.1) is 0 Å². The highest BCUT2D eigenvalue weighted by Gasteiger charge is 2.21. The van der Waals surface area contributed by atoms with Gasteiger partial charge in [-0.15, -0.1) is 0 Å². The van der Waals surface area contributed by atoms with Crippen LogP contribution in [0, 0.1) is 0 Å². The molecule has 20 heavy (non-hydrogen) atoms. The first-order valence-corrected chi connectivity index (χ1v) is 5.90. The Bertz CT molecular complexity index is 375. The third kappa shape index (κ3) is 5.20. The van der Waals surface area contributed by atoms with Crippen LogP contribution in [0.4, 0.5) is 0 Å². The summed E-state index contributed by atoms with van der Waals surface area (Å²) in [4.78, 5) is 45.3. The van der Waals surface area contributed by atoms with Gasteiger partial charge in [0.25, 0.3) is 11.8 Å². The lowest BCUT2D eigenvalue weighted by molar-refractivity contribution is -0.139. The molecule has 0 bridgehead atoms. The zero-order chi connectivity index (χ0) is 15.1. The average Bonchev–Trinajstić information content (AvgIpc) is 2.37. The summed E-state index contributed by atoms with van der Waals surface area (Å²) in [5.41, 5.74) is 0. The van der Waals surface area contributed by atoms with Gasteiger partial charge in [-0.2, -0.15) is 0 Å². The monoisotopic (exact) mass is 288 g/mol. The summed E-state index contributed by atoms with van der Waals surface area (Å²) < 4.78 is 0. The van der Waals surface area contributed by atoms with Crippen molar-refractivity contribution in [2.24, 2.45) is 0 Å². The first-order valence-electron chi connectivity index (χ1n) is 5.90. The molecule has 2 atom stereocenters. The molecule has 10 nitrogen and oxygen atoms in total. The normalized spacial score (nSPS) is 26.7. The number of amides is 4. The summed E-state index contributed by atoms with van der Waals surface area (Å²) in [7, 11) is 0. The molecule has 4 amide bonds. The summed E-state index contributed by atoms with van der Waals surface area (Å²) >= 11 is 0. The van der Waals surface area contributed by atoms with Crippen LogP contribution < -0.4 is 21.3 Å². The molecule has 0 aromatic carbocycles.